The molecule has 80 valence electrons. The molecule has 0 saturated carbocycles. The van der Waals surface area contributed by atoms with Gasteiger partial charge < -0.3 is 4.74 Å². The number of carbonyl (C=O) groups is 1. The van der Waals surface area contributed by atoms with Gasteiger partial charge in [-0.05, 0) is 55.6 Å². The normalized spacial score (nSPS) is 9.60. The molecule has 0 bridgehead atoms. The molecule has 0 fully saturated rings. The van der Waals surface area contributed by atoms with Crippen LogP contribution in [0.4, 0.5) is 0 Å². The summed E-state index contributed by atoms with van der Waals surface area (Å²) in [6, 6.07) is 5.17. The molecule has 0 amide bonds. The van der Waals surface area contributed by atoms with E-state index in [0.717, 1.165) is 8.96 Å². The van der Waals surface area contributed by atoms with Crippen molar-refractivity contribution in [3.63, 3.8) is 0 Å². The first-order valence-corrected chi connectivity index (χ1v) is 6.02. The number of esters is 1. The third-order valence-electron chi connectivity index (χ3n) is 1.72. The Balaban J connectivity index is 3.09. The third kappa shape index (κ3) is 3.66. The summed E-state index contributed by atoms with van der Waals surface area (Å²) in [6.45, 7) is 0. The Hall–Kier alpha value is -0.260. The van der Waals surface area contributed by atoms with Gasteiger partial charge in [0, 0.05) is 4.90 Å². The van der Waals surface area contributed by atoms with E-state index in [-0.39, 0.29) is 5.97 Å². The molecule has 0 radical (unpaired) electrons. The highest BCUT2D eigenvalue weighted by Crippen LogP contribution is 2.23. The molecule has 0 aliphatic heterocycles. The summed E-state index contributed by atoms with van der Waals surface area (Å²) < 4.78 is 5.42. The lowest BCUT2D eigenvalue weighted by Crippen LogP contribution is -2.00. The van der Waals surface area contributed by atoms with Crippen LogP contribution in [0, 0.1) is 0 Å². The van der Waals surface area contributed by atoms with E-state index in [1.165, 1.54) is 7.11 Å². The van der Waals surface area contributed by atoms with E-state index in [1.807, 2.05) is 6.08 Å². The third-order valence-corrected chi connectivity index (χ3v) is 2.56. The van der Waals surface area contributed by atoms with Gasteiger partial charge in [0.2, 0.25) is 0 Å². The predicted octanol–water partition coefficient (Wildman–Crippen LogP) is 3.85. The largest absolute Gasteiger partial charge is 0.465 e. The molecule has 0 aromatic heterocycles. The number of hydrogen-bond donors (Lipinski definition) is 1. The maximum atomic E-state index is 11.2. The molecule has 2 nitrogen and oxygen atoms in total. The van der Waals surface area contributed by atoms with Crippen molar-refractivity contribution >= 4 is 56.5 Å². The molecule has 0 unspecified atom stereocenters. The number of benzene rings is 1. The van der Waals surface area contributed by atoms with Crippen LogP contribution in [-0.2, 0) is 4.74 Å². The molecule has 0 aliphatic carbocycles. The molecule has 5 heteroatoms. The number of rotatable bonds is 2. The molecule has 1 aromatic rings. The second-order valence-electron chi connectivity index (χ2n) is 2.70. The summed E-state index contributed by atoms with van der Waals surface area (Å²) >= 11 is 10.8. The zero-order valence-corrected chi connectivity index (χ0v) is 11.9. The molecule has 0 saturated heterocycles. The van der Waals surface area contributed by atoms with Crippen LogP contribution in [0.5, 0.6) is 0 Å². The van der Waals surface area contributed by atoms with E-state index < -0.39 is 0 Å². The zero-order valence-electron chi connectivity index (χ0n) is 7.83. The highest BCUT2D eigenvalue weighted by atomic mass is 79.9. The van der Waals surface area contributed by atoms with Crippen LogP contribution in [0.1, 0.15) is 15.9 Å². The van der Waals surface area contributed by atoms with Gasteiger partial charge in [0.1, 0.15) is 0 Å². The van der Waals surface area contributed by atoms with Crippen LogP contribution in [0.2, 0.25) is 0 Å². The Kier molecular flexibility index (Phi) is 4.89. The van der Waals surface area contributed by atoms with E-state index in [2.05, 4.69) is 49.2 Å². The zero-order chi connectivity index (χ0) is 11.4. The molecule has 15 heavy (non-hydrogen) atoms. The molecule has 0 atom stereocenters. The van der Waals surface area contributed by atoms with E-state index in [1.54, 1.807) is 18.2 Å². The van der Waals surface area contributed by atoms with Crippen LogP contribution in [-0.4, -0.2) is 13.1 Å². The van der Waals surface area contributed by atoms with Gasteiger partial charge in [-0.25, -0.2) is 4.79 Å². The quantitative estimate of drug-likeness (QED) is 0.647. The van der Waals surface area contributed by atoms with Gasteiger partial charge >= 0.3 is 5.97 Å². The van der Waals surface area contributed by atoms with Gasteiger partial charge in [-0.15, -0.1) is 12.6 Å². The summed E-state index contributed by atoms with van der Waals surface area (Å²) in [4.78, 5) is 11.9. The van der Waals surface area contributed by atoms with Gasteiger partial charge in [-0.1, -0.05) is 6.07 Å². The van der Waals surface area contributed by atoms with E-state index in [9.17, 15) is 4.79 Å². The fourth-order valence-corrected chi connectivity index (χ4v) is 1.80. The molecule has 0 N–H and O–H groups in total. The standard InChI is InChI=1S/C10H8Br2O2S/c1-14-10(13)7-3-2-6(5-9(11)12)8(15)4-7/h2-5,15H,1H3. The smallest absolute Gasteiger partial charge is 0.337 e. The Labute approximate surface area is 110 Å². The SMILES string of the molecule is COC(=O)c1ccc(C=C(Br)Br)c(S)c1. The van der Waals surface area contributed by atoms with Gasteiger partial charge in [-0.2, -0.15) is 0 Å². The molecule has 0 aliphatic rings. The number of carbonyl (C=O) groups excluding carboxylic acids is 1. The summed E-state index contributed by atoms with van der Waals surface area (Å²) in [5.74, 6) is -0.362. The number of halogens is 2. The van der Waals surface area contributed by atoms with Crippen molar-refractivity contribution in [1.82, 2.24) is 0 Å². The Morgan fingerprint density at radius 2 is 2.13 bits per heavy atom. The van der Waals surface area contributed by atoms with Crippen molar-refractivity contribution in [3.8, 4) is 0 Å². The topological polar surface area (TPSA) is 26.3 Å². The first-order chi connectivity index (χ1) is 7.04. The van der Waals surface area contributed by atoms with Crippen molar-refractivity contribution in [2.24, 2.45) is 0 Å². The van der Waals surface area contributed by atoms with Crippen molar-refractivity contribution in [2.45, 2.75) is 4.90 Å². The van der Waals surface area contributed by atoms with Crippen LogP contribution in [0.25, 0.3) is 6.08 Å². The average Bonchev–Trinajstić information content (AvgIpc) is 2.19. The maximum Gasteiger partial charge on any atom is 0.337 e. The Morgan fingerprint density at radius 1 is 1.47 bits per heavy atom. The molecular formula is C10H8Br2O2S. The summed E-state index contributed by atoms with van der Waals surface area (Å²) in [5.41, 5.74) is 1.40. The molecule has 1 rings (SSSR count). The van der Waals surface area contributed by atoms with Crippen LogP contribution >= 0.6 is 44.5 Å². The minimum atomic E-state index is -0.362. The molecule has 0 heterocycles. The number of ether oxygens (including phenoxy) is 1. The van der Waals surface area contributed by atoms with Crippen molar-refractivity contribution in [2.75, 3.05) is 7.11 Å². The van der Waals surface area contributed by atoms with E-state index in [4.69, 9.17) is 0 Å². The fourth-order valence-electron chi connectivity index (χ4n) is 1.03. The fraction of sp³-hybridized carbons (Fsp3) is 0.100. The molecule has 1 aromatic carbocycles. The summed E-state index contributed by atoms with van der Waals surface area (Å²) in [6.07, 6.45) is 1.85. The van der Waals surface area contributed by atoms with Crippen LogP contribution in [0.15, 0.2) is 26.5 Å². The highest BCUT2D eigenvalue weighted by molar-refractivity contribution is 9.28. The van der Waals surface area contributed by atoms with Crippen LogP contribution in [0.3, 0.4) is 0 Å². The average molecular weight is 352 g/mol. The number of methoxy groups -OCH3 is 1. The van der Waals surface area contributed by atoms with Crippen LogP contribution < -0.4 is 0 Å². The molecule has 0 spiro atoms. The summed E-state index contributed by atoms with van der Waals surface area (Å²) in [7, 11) is 1.35. The van der Waals surface area contributed by atoms with Crippen molar-refractivity contribution in [3.05, 3.63) is 32.7 Å². The minimum Gasteiger partial charge on any atom is -0.465 e. The number of thiol groups is 1. The lowest BCUT2D eigenvalue weighted by atomic mass is 10.1. The van der Waals surface area contributed by atoms with Crippen molar-refractivity contribution in [1.29, 1.82) is 0 Å². The maximum absolute atomic E-state index is 11.2. The van der Waals surface area contributed by atoms with Gasteiger partial charge in [0.25, 0.3) is 0 Å². The van der Waals surface area contributed by atoms with Crippen molar-refractivity contribution < 1.29 is 9.53 Å². The second kappa shape index (κ2) is 5.72. The van der Waals surface area contributed by atoms with E-state index >= 15 is 0 Å². The minimum absolute atomic E-state index is 0.362. The Bertz CT molecular complexity index is 412. The highest BCUT2D eigenvalue weighted by Gasteiger charge is 2.06. The lowest BCUT2D eigenvalue weighted by Gasteiger charge is -2.03. The second-order valence-corrected chi connectivity index (χ2v) is 5.95. The molecular weight excluding hydrogens is 344 g/mol. The van der Waals surface area contributed by atoms with E-state index in [0.29, 0.717) is 10.5 Å². The van der Waals surface area contributed by atoms with Gasteiger partial charge in [-0.3, -0.25) is 0 Å². The number of hydrogen-bond acceptors (Lipinski definition) is 3. The first-order valence-electron chi connectivity index (χ1n) is 3.98. The van der Waals surface area contributed by atoms with Gasteiger partial charge in [0.05, 0.1) is 16.1 Å². The lowest BCUT2D eigenvalue weighted by molar-refractivity contribution is 0.0600. The Morgan fingerprint density at radius 3 is 2.60 bits per heavy atom. The first kappa shape index (κ1) is 12.8. The predicted molar refractivity (Wildman–Crippen MR) is 70.9 cm³/mol. The monoisotopic (exact) mass is 350 g/mol. The van der Waals surface area contributed by atoms with Gasteiger partial charge in [0.15, 0.2) is 0 Å². The summed E-state index contributed by atoms with van der Waals surface area (Å²) in [5, 5.41) is 0.